The first-order valence-corrected chi connectivity index (χ1v) is 7.43. The first-order valence-electron chi connectivity index (χ1n) is 6.26. The maximum atomic E-state index is 11.9. The number of aryl methyl sites for hydroxylation is 1. The molecule has 21 heavy (non-hydrogen) atoms. The number of benzene rings is 1. The summed E-state index contributed by atoms with van der Waals surface area (Å²) in [7, 11) is 1.39. The van der Waals surface area contributed by atoms with Gasteiger partial charge >= 0.3 is 5.97 Å². The van der Waals surface area contributed by atoms with Crippen LogP contribution in [0.4, 0.5) is 0 Å². The molecule has 0 aliphatic carbocycles. The average Bonchev–Trinajstić information content (AvgIpc) is 2.40. The van der Waals surface area contributed by atoms with Crippen LogP contribution in [0.15, 0.2) is 22.7 Å². The number of carboxylic acid groups (broad SMARTS) is 1. The second-order valence-corrected chi connectivity index (χ2v) is 6.14. The summed E-state index contributed by atoms with van der Waals surface area (Å²) in [5, 5.41) is 12.2. The van der Waals surface area contributed by atoms with E-state index in [2.05, 4.69) is 21.2 Å². The Kier molecular flexibility index (Phi) is 6.64. The quantitative estimate of drug-likeness (QED) is 0.765. The lowest BCUT2D eigenvalue weighted by Crippen LogP contribution is -2.55. The Morgan fingerprint density at radius 2 is 2.14 bits per heavy atom. The lowest BCUT2D eigenvalue weighted by Gasteiger charge is -2.25. The van der Waals surface area contributed by atoms with Gasteiger partial charge in [0.1, 0.15) is 0 Å². The van der Waals surface area contributed by atoms with Crippen LogP contribution in [0.5, 0.6) is 0 Å². The van der Waals surface area contributed by atoms with E-state index in [1.54, 1.807) is 12.1 Å². The van der Waals surface area contributed by atoms with Gasteiger partial charge in [-0.1, -0.05) is 27.5 Å². The highest BCUT2D eigenvalue weighted by molar-refractivity contribution is 9.10. The highest BCUT2D eigenvalue weighted by Crippen LogP contribution is 2.22. The first kappa shape index (κ1) is 17.9. The molecule has 1 amide bonds. The highest BCUT2D eigenvalue weighted by atomic mass is 79.9. The summed E-state index contributed by atoms with van der Waals surface area (Å²) in [4.78, 5) is 23.1. The number of rotatable bonds is 7. The summed E-state index contributed by atoms with van der Waals surface area (Å²) in [5.74, 6) is -1.49. The lowest BCUT2D eigenvalue weighted by molar-refractivity contribution is -0.149. The van der Waals surface area contributed by atoms with Gasteiger partial charge in [0.05, 0.1) is 6.61 Å². The Bertz CT molecular complexity index is 538. The summed E-state index contributed by atoms with van der Waals surface area (Å²) in [6, 6.07) is 5.32. The molecule has 0 saturated heterocycles. The molecule has 0 aliphatic rings. The summed E-state index contributed by atoms with van der Waals surface area (Å²) < 4.78 is 5.71. The summed E-state index contributed by atoms with van der Waals surface area (Å²) in [6.45, 7) is 1.31. The van der Waals surface area contributed by atoms with E-state index in [4.69, 9.17) is 21.4 Å². The van der Waals surface area contributed by atoms with E-state index in [1.807, 2.05) is 6.07 Å². The molecule has 0 heterocycles. The van der Waals surface area contributed by atoms with Crippen LogP contribution in [-0.4, -0.2) is 36.2 Å². The Hall–Kier alpha value is -1.11. The molecule has 1 aromatic carbocycles. The van der Waals surface area contributed by atoms with Crippen molar-refractivity contribution in [1.29, 1.82) is 0 Å². The first-order chi connectivity index (χ1) is 9.78. The van der Waals surface area contributed by atoms with Gasteiger partial charge in [-0.3, -0.25) is 4.79 Å². The molecule has 1 rings (SSSR count). The van der Waals surface area contributed by atoms with Gasteiger partial charge in [-0.15, -0.1) is 0 Å². The molecule has 0 bridgehead atoms. The molecule has 0 spiro atoms. The summed E-state index contributed by atoms with van der Waals surface area (Å²) in [5.41, 5.74) is -0.543. The zero-order valence-corrected chi connectivity index (χ0v) is 14.1. The van der Waals surface area contributed by atoms with Gasteiger partial charge in [-0.25, -0.2) is 4.79 Å². The summed E-state index contributed by atoms with van der Waals surface area (Å²) in [6.07, 6.45) is 0.612. The van der Waals surface area contributed by atoms with Crippen molar-refractivity contribution in [1.82, 2.24) is 5.32 Å². The van der Waals surface area contributed by atoms with Gasteiger partial charge in [0.2, 0.25) is 5.91 Å². The predicted octanol–water partition coefficient (Wildman–Crippen LogP) is 2.64. The standard InChI is InChI=1S/C14H17BrClNO4/c1-14(8-21-2,13(19)20)17-12(18)6-3-9-7-10(16)4-5-11(9)15/h4-5,7H,3,6,8H2,1-2H3,(H,17,18)(H,19,20). The molecule has 0 saturated carbocycles. The molecule has 7 heteroatoms. The fraction of sp³-hybridized carbons (Fsp3) is 0.429. The Balaban J connectivity index is 2.65. The lowest BCUT2D eigenvalue weighted by atomic mass is 10.0. The van der Waals surface area contributed by atoms with E-state index >= 15 is 0 Å². The molecule has 0 fully saturated rings. The predicted molar refractivity (Wildman–Crippen MR) is 83.5 cm³/mol. The average molecular weight is 379 g/mol. The third kappa shape index (κ3) is 5.30. The molecule has 1 atom stereocenters. The smallest absolute Gasteiger partial charge is 0.331 e. The zero-order valence-electron chi connectivity index (χ0n) is 11.8. The number of carboxylic acids is 1. The van der Waals surface area contributed by atoms with Crippen LogP contribution >= 0.6 is 27.5 Å². The molecule has 0 aliphatic heterocycles. The minimum absolute atomic E-state index is 0.102. The van der Waals surface area contributed by atoms with Crippen LogP contribution in [0.1, 0.15) is 18.9 Å². The van der Waals surface area contributed by atoms with Gasteiger partial charge in [0.25, 0.3) is 0 Å². The van der Waals surface area contributed by atoms with E-state index in [1.165, 1.54) is 14.0 Å². The van der Waals surface area contributed by atoms with E-state index in [0.29, 0.717) is 11.4 Å². The number of hydrogen-bond donors (Lipinski definition) is 2. The van der Waals surface area contributed by atoms with Crippen LogP contribution in [0.2, 0.25) is 5.02 Å². The molecule has 116 valence electrons. The van der Waals surface area contributed by atoms with Gasteiger partial charge in [-0.2, -0.15) is 0 Å². The van der Waals surface area contributed by atoms with Crippen molar-refractivity contribution in [2.75, 3.05) is 13.7 Å². The van der Waals surface area contributed by atoms with Crippen molar-refractivity contribution in [3.63, 3.8) is 0 Å². The van der Waals surface area contributed by atoms with Crippen molar-refractivity contribution in [3.8, 4) is 0 Å². The van der Waals surface area contributed by atoms with Crippen LogP contribution in [0.25, 0.3) is 0 Å². The molecular weight excluding hydrogens is 362 g/mol. The maximum absolute atomic E-state index is 11.9. The minimum Gasteiger partial charge on any atom is -0.479 e. The number of nitrogens with one attached hydrogen (secondary N) is 1. The maximum Gasteiger partial charge on any atom is 0.331 e. The SMILES string of the molecule is COCC(C)(NC(=O)CCc1cc(Cl)ccc1Br)C(=O)O. The van der Waals surface area contributed by atoms with Crippen LogP contribution in [-0.2, 0) is 20.7 Å². The Morgan fingerprint density at radius 3 is 2.71 bits per heavy atom. The Labute approximate surface area is 136 Å². The number of amides is 1. The van der Waals surface area contributed by atoms with Crippen molar-refractivity contribution < 1.29 is 19.4 Å². The van der Waals surface area contributed by atoms with Gasteiger partial charge in [0.15, 0.2) is 5.54 Å². The fourth-order valence-corrected chi connectivity index (χ4v) is 2.43. The van der Waals surface area contributed by atoms with Gasteiger partial charge in [0, 0.05) is 23.0 Å². The number of carbonyl (C=O) groups is 2. The topological polar surface area (TPSA) is 75.6 Å². The third-order valence-corrected chi connectivity index (χ3v) is 3.96. The van der Waals surface area contributed by atoms with Crippen LogP contribution in [0.3, 0.4) is 0 Å². The van der Waals surface area contributed by atoms with Crippen molar-refractivity contribution >= 4 is 39.4 Å². The number of ether oxygens (including phenoxy) is 1. The normalized spacial score (nSPS) is 13.5. The van der Waals surface area contributed by atoms with Crippen molar-refractivity contribution in [2.45, 2.75) is 25.3 Å². The van der Waals surface area contributed by atoms with E-state index in [9.17, 15) is 9.59 Å². The Morgan fingerprint density at radius 1 is 1.48 bits per heavy atom. The van der Waals surface area contributed by atoms with Gasteiger partial charge in [-0.05, 0) is 37.1 Å². The number of aliphatic carboxylic acids is 1. The second-order valence-electron chi connectivity index (χ2n) is 4.85. The number of carbonyl (C=O) groups excluding carboxylic acids is 1. The zero-order chi connectivity index (χ0) is 16.0. The van der Waals surface area contributed by atoms with E-state index in [0.717, 1.165) is 10.0 Å². The highest BCUT2D eigenvalue weighted by Gasteiger charge is 2.34. The minimum atomic E-state index is -1.43. The van der Waals surface area contributed by atoms with Crippen LogP contribution < -0.4 is 5.32 Å². The molecular formula is C14H17BrClNO4. The molecule has 1 unspecified atom stereocenters. The van der Waals surface area contributed by atoms with E-state index in [-0.39, 0.29) is 18.9 Å². The molecule has 0 aromatic heterocycles. The molecule has 2 N–H and O–H groups in total. The van der Waals surface area contributed by atoms with Crippen molar-refractivity contribution in [3.05, 3.63) is 33.3 Å². The van der Waals surface area contributed by atoms with Gasteiger partial charge < -0.3 is 15.2 Å². The largest absolute Gasteiger partial charge is 0.479 e. The number of halogens is 2. The molecule has 0 radical (unpaired) electrons. The number of methoxy groups -OCH3 is 1. The fourth-order valence-electron chi connectivity index (χ4n) is 1.79. The number of hydrogen-bond acceptors (Lipinski definition) is 3. The van der Waals surface area contributed by atoms with Crippen molar-refractivity contribution in [2.24, 2.45) is 0 Å². The monoisotopic (exact) mass is 377 g/mol. The third-order valence-electron chi connectivity index (χ3n) is 2.95. The second kappa shape index (κ2) is 7.77. The molecule has 1 aromatic rings. The summed E-state index contributed by atoms with van der Waals surface area (Å²) >= 11 is 9.29. The van der Waals surface area contributed by atoms with E-state index < -0.39 is 11.5 Å². The van der Waals surface area contributed by atoms with Crippen LogP contribution in [0, 0.1) is 0 Å². The molecule has 5 nitrogen and oxygen atoms in total.